The van der Waals surface area contributed by atoms with Crippen molar-refractivity contribution in [2.45, 2.75) is 0 Å². The van der Waals surface area contributed by atoms with E-state index in [0.29, 0.717) is 0 Å². The largest absolute Gasteiger partial charge is 0.398 e. The molecule has 0 aliphatic rings. The van der Waals surface area contributed by atoms with E-state index in [0.717, 1.165) is 39.8 Å². The van der Waals surface area contributed by atoms with Gasteiger partial charge in [-0.1, -0.05) is 0 Å². The Bertz CT molecular complexity index is 554. The third kappa shape index (κ3) is 2.91. The van der Waals surface area contributed by atoms with Gasteiger partial charge in [0.15, 0.2) is 0 Å². The minimum Gasteiger partial charge on any atom is -0.398 e. The van der Waals surface area contributed by atoms with Crippen molar-refractivity contribution >= 4 is 38.2 Å². The average Bonchev–Trinajstić information content (AvgIpc) is 2.32. The van der Waals surface area contributed by atoms with Crippen molar-refractivity contribution in [1.29, 1.82) is 0 Å². The van der Waals surface area contributed by atoms with Gasteiger partial charge >= 0.3 is 0 Å². The zero-order valence-corrected chi connectivity index (χ0v) is 12.2. The summed E-state index contributed by atoms with van der Waals surface area (Å²) in [7, 11) is 4.11. The fourth-order valence-corrected chi connectivity index (χ4v) is 2.10. The summed E-state index contributed by atoms with van der Waals surface area (Å²) in [4.78, 5) is 6.57. The molecule has 0 saturated heterocycles. The number of nitrogens with one attached hydrogen (secondary N) is 1. The van der Waals surface area contributed by atoms with Crippen LogP contribution in [0.5, 0.6) is 0 Å². The molecular weight excluding hydrogens is 292 g/mol. The number of halogens is 1. The minimum atomic E-state index is 0.747. The van der Waals surface area contributed by atoms with Crippen LogP contribution in [0, 0.1) is 0 Å². The van der Waals surface area contributed by atoms with E-state index in [4.69, 9.17) is 5.73 Å². The number of hydrogen-bond donors (Lipinski definition) is 2. The maximum Gasteiger partial charge on any atom is 0.0954 e. The molecule has 0 fully saturated rings. The first kappa shape index (κ1) is 13.1. The normalized spacial score (nSPS) is 11.1. The number of benzene rings is 1. The highest BCUT2D eigenvalue weighted by atomic mass is 79.9. The maximum atomic E-state index is 5.97. The van der Waals surface area contributed by atoms with Crippen LogP contribution >= 0.6 is 15.9 Å². The summed E-state index contributed by atoms with van der Waals surface area (Å²) in [5, 5.41) is 4.36. The van der Waals surface area contributed by atoms with Crippen molar-refractivity contribution in [3.05, 3.63) is 28.9 Å². The molecule has 2 aromatic rings. The van der Waals surface area contributed by atoms with Crippen molar-refractivity contribution in [3.63, 3.8) is 0 Å². The van der Waals surface area contributed by atoms with Crippen LogP contribution in [0.2, 0.25) is 0 Å². The lowest BCUT2D eigenvalue weighted by atomic mass is 10.1. The molecule has 4 nitrogen and oxygen atoms in total. The Morgan fingerprint density at radius 2 is 2.17 bits per heavy atom. The molecule has 0 spiro atoms. The number of aromatic nitrogens is 1. The molecule has 0 aliphatic carbocycles. The molecule has 0 saturated carbocycles. The molecule has 0 unspecified atom stereocenters. The van der Waals surface area contributed by atoms with E-state index in [1.165, 1.54) is 0 Å². The first-order valence-electron chi connectivity index (χ1n) is 5.80. The van der Waals surface area contributed by atoms with Crippen molar-refractivity contribution in [2.75, 3.05) is 38.2 Å². The summed E-state index contributed by atoms with van der Waals surface area (Å²) in [6, 6.07) is 5.89. The van der Waals surface area contributed by atoms with Crippen LogP contribution in [-0.4, -0.2) is 37.1 Å². The van der Waals surface area contributed by atoms with Crippen LogP contribution in [0.15, 0.2) is 28.9 Å². The highest BCUT2D eigenvalue weighted by Crippen LogP contribution is 2.28. The number of rotatable bonds is 4. The third-order valence-corrected chi connectivity index (χ3v) is 3.16. The lowest BCUT2D eigenvalue weighted by molar-refractivity contribution is 0.425. The van der Waals surface area contributed by atoms with Gasteiger partial charge in [0.25, 0.3) is 0 Å². The first-order valence-corrected chi connectivity index (χ1v) is 6.59. The molecule has 0 aliphatic heterocycles. The molecule has 2 rings (SSSR count). The molecular formula is C13H17BrN4. The Kier molecular flexibility index (Phi) is 4.04. The second-order valence-corrected chi connectivity index (χ2v) is 5.40. The molecule has 96 valence electrons. The Morgan fingerprint density at radius 3 is 2.89 bits per heavy atom. The van der Waals surface area contributed by atoms with Crippen molar-refractivity contribution in [1.82, 2.24) is 9.88 Å². The van der Waals surface area contributed by atoms with Crippen molar-refractivity contribution < 1.29 is 0 Å². The Hall–Kier alpha value is -1.33. The molecule has 1 aromatic carbocycles. The summed E-state index contributed by atoms with van der Waals surface area (Å²) in [6.45, 7) is 1.85. The highest BCUT2D eigenvalue weighted by molar-refractivity contribution is 9.10. The zero-order valence-electron chi connectivity index (χ0n) is 10.6. The van der Waals surface area contributed by atoms with E-state index in [1.807, 2.05) is 18.2 Å². The van der Waals surface area contributed by atoms with Gasteiger partial charge < -0.3 is 16.0 Å². The topological polar surface area (TPSA) is 54.2 Å². The molecule has 18 heavy (non-hydrogen) atoms. The number of nitrogens with two attached hydrogens (primary N) is 1. The molecule has 3 N–H and O–H groups in total. The van der Waals surface area contributed by atoms with Gasteiger partial charge in [-0.25, -0.2) is 0 Å². The van der Waals surface area contributed by atoms with Gasteiger partial charge in [0.2, 0.25) is 0 Å². The number of nitrogens with zero attached hydrogens (tertiary/aromatic N) is 2. The van der Waals surface area contributed by atoms with Gasteiger partial charge in [-0.2, -0.15) is 0 Å². The smallest absolute Gasteiger partial charge is 0.0954 e. The second kappa shape index (κ2) is 5.54. The van der Waals surface area contributed by atoms with Crippen LogP contribution in [0.3, 0.4) is 0 Å². The van der Waals surface area contributed by atoms with Gasteiger partial charge in [0.05, 0.1) is 11.2 Å². The molecule has 1 heterocycles. The number of anilines is 2. The summed E-state index contributed by atoms with van der Waals surface area (Å²) in [5.41, 5.74) is 8.66. The van der Waals surface area contributed by atoms with Crippen LogP contribution < -0.4 is 11.1 Å². The van der Waals surface area contributed by atoms with Crippen LogP contribution in [0.1, 0.15) is 0 Å². The molecule has 1 aromatic heterocycles. The molecule has 0 amide bonds. The Labute approximate surface area is 115 Å². The van der Waals surface area contributed by atoms with Gasteiger partial charge in [-0.3, -0.25) is 4.98 Å². The predicted octanol–water partition coefficient (Wildman–Crippen LogP) is 2.55. The summed E-state index contributed by atoms with van der Waals surface area (Å²) >= 11 is 3.42. The fraction of sp³-hybridized carbons (Fsp3) is 0.308. The molecule has 5 heteroatoms. The zero-order chi connectivity index (χ0) is 13.1. The van der Waals surface area contributed by atoms with Gasteiger partial charge in [0, 0.05) is 34.8 Å². The standard InChI is InChI=1S/C13H17BrN4/c1-18(2)6-5-16-12-4-3-11(15)10-7-9(14)8-17-13(10)12/h3-4,7-8,16H,5-6,15H2,1-2H3. The van der Waals surface area contributed by atoms with Crippen LogP contribution in [0.25, 0.3) is 10.9 Å². The van der Waals surface area contributed by atoms with Gasteiger partial charge in [0.1, 0.15) is 0 Å². The summed E-state index contributed by atoms with van der Waals surface area (Å²) in [6.07, 6.45) is 1.79. The lowest BCUT2D eigenvalue weighted by Crippen LogP contribution is -2.20. The Balaban J connectivity index is 2.31. The second-order valence-electron chi connectivity index (χ2n) is 4.48. The van der Waals surface area contributed by atoms with E-state index < -0.39 is 0 Å². The first-order chi connectivity index (χ1) is 8.58. The van der Waals surface area contributed by atoms with Crippen molar-refractivity contribution in [2.24, 2.45) is 0 Å². The van der Waals surface area contributed by atoms with E-state index in [-0.39, 0.29) is 0 Å². The van der Waals surface area contributed by atoms with E-state index >= 15 is 0 Å². The fourth-order valence-electron chi connectivity index (χ4n) is 1.77. The number of hydrogen-bond acceptors (Lipinski definition) is 4. The SMILES string of the molecule is CN(C)CCNc1ccc(N)c2cc(Br)cnc12. The predicted molar refractivity (Wildman–Crippen MR) is 80.9 cm³/mol. The monoisotopic (exact) mass is 308 g/mol. The Morgan fingerprint density at radius 1 is 1.39 bits per heavy atom. The lowest BCUT2D eigenvalue weighted by Gasteiger charge is -2.13. The summed E-state index contributed by atoms with van der Waals surface area (Å²) < 4.78 is 0.937. The number of pyridine rings is 1. The van der Waals surface area contributed by atoms with Crippen LogP contribution in [-0.2, 0) is 0 Å². The maximum absolute atomic E-state index is 5.97. The summed E-state index contributed by atoms with van der Waals surface area (Å²) in [5.74, 6) is 0. The van der Waals surface area contributed by atoms with Gasteiger partial charge in [-0.15, -0.1) is 0 Å². The minimum absolute atomic E-state index is 0.747. The number of nitrogen functional groups attached to an aromatic ring is 1. The van der Waals surface area contributed by atoms with E-state index in [9.17, 15) is 0 Å². The van der Waals surface area contributed by atoms with Gasteiger partial charge in [-0.05, 0) is 48.2 Å². The highest BCUT2D eigenvalue weighted by Gasteiger charge is 2.06. The quantitative estimate of drug-likeness (QED) is 0.852. The third-order valence-electron chi connectivity index (χ3n) is 2.72. The van der Waals surface area contributed by atoms with E-state index in [2.05, 4.69) is 45.2 Å². The van der Waals surface area contributed by atoms with E-state index in [1.54, 1.807) is 6.20 Å². The van der Waals surface area contributed by atoms with Crippen LogP contribution in [0.4, 0.5) is 11.4 Å². The average molecular weight is 309 g/mol. The molecule has 0 radical (unpaired) electrons. The van der Waals surface area contributed by atoms with Crippen molar-refractivity contribution in [3.8, 4) is 0 Å². The number of likely N-dealkylation sites (N-methyl/N-ethyl adjacent to an activating group) is 1. The number of fused-ring (bicyclic) bond motifs is 1. The molecule has 0 bridgehead atoms. The molecule has 0 atom stereocenters.